The van der Waals surface area contributed by atoms with Crippen LogP contribution in [0.5, 0.6) is 0 Å². The van der Waals surface area contributed by atoms with Gasteiger partial charge in [-0.05, 0) is 25.0 Å². The molecule has 0 saturated carbocycles. The molecule has 0 bridgehead atoms. The Morgan fingerprint density at radius 3 is 2.64 bits per heavy atom. The Labute approximate surface area is 164 Å². The van der Waals surface area contributed by atoms with Crippen LogP contribution < -0.4 is 5.32 Å². The zero-order chi connectivity index (χ0) is 19.9. The molecule has 0 radical (unpaired) electrons. The molecule has 0 fully saturated rings. The molecule has 2 aromatic rings. The first-order valence-electron chi connectivity index (χ1n) is 9.23. The molecule has 0 spiro atoms. The molecule has 1 aromatic heterocycles. The fraction of sp³-hybridized carbons (Fsp3) is 0.217. The molecule has 5 nitrogen and oxygen atoms in total. The lowest BCUT2D eigenvalue weighted by atomic mass is 9.93. The van der Waals surface area contributed by atoms with E-state index in [0.717, 1.165) is 29.0 Å². The number of nitrogens with one attached hydrogen (secondary N) is 1. The number of Topliss-reactive ketones (excluding diaryl/α,β-unsaturated/α-hetero) is 2. The van der Waals surface area contributed by atoms with E-state index < -0.39 is 0 Å². The molecule has 1 aliphatic rings. The molecular formula is C23H23N3O2. The smallest absolute Gasteiger partial charge is 0.159 e. The monoisotopic (exact) mass is 373 g/mol. The number of carbonyl (C=O) groups is 2. The Kier molecular flexibility index (Phi) is 6.27. The maximum Gasteiger partial charge on any atom is 0.159 e. The van der Waals surface area contributed by atoms with Crippen molar-refractivity contribution >= 4 is 17.3 Å². The van der Waals surface area contributed by atoms with Gasteiger partial charge in [0, 0.05) is 47.8 Å². The van der Waals surface area contributed by atoms with Crippen LogP contribution in [-0.2, 0) is 11.2 Å². The quantitative estimate of drug-likeness (QED) is 0.539. The largest absolute Gasteiger partial charge is 0.379 e. The number of aromatic nitrogens is 1. The summed E-state index contributed by atoms with van der Waals surface area (Å²) in [4.78, 5) is 32.4. The molecule has 1 unspecified atom stereocenters. The normalized spacial score (nSPS) is 15.5. The molecule has 0 saturated heterocycles. The van der Waals surface area contributed by atoms with Gasteiger partial charge in [0.25, 0.3) is 0 Å². The summed E-state index contributed by atoms with van der Waals surface area (Å²) >= 11 is 0. The predicted molar refractivity (Wildman–Crippen MR) is 110 cm³/mol. The molecular weight excluding hydrogens is 350 g/mol. The van der Waals surface area contributed by atoms with E-state index in [2.05, 4.69) is 21.9 Å². The minimum absolute atomic E-state index is 0.0189. The zero-order valence-corrected chi connectivity index (χ0v) is 15.9. The number of rotatable bonds is 9. The lowest BCUT2D eigenvalue weighted by molar-refractivity contribution is -0.117. The standard InChI is InChI=1S/C23H23N3O2/c1-3-5-21-22(15-26-23(21)19-6-4-11-24-13-19)25-14-20(28)12-17-7-9-18(10-8-17)16(2)27/h3-4,6-11,13,15,21,25H,1,5,12,14H2,2H3. The summed E-state index contributed by atoms with van der Waals surface area (Å²) in [7, 11) is 0. The number of benzene rings is 1. The third kappa shape index (κ3) is 4.68. The lowest BCUT2D eigenvalue weighted by Gasteiger charge is -2.17. The van der Waals surface area contributed by atoms with Crippen LogP contribution in [0.25, 0.3) is 0 Å². The van der Waals surface area contributed by atoms with Crippen LogP contribution in [0, 0.1) is 5.92 Å². The highest BCUT2D eigenvalue weighted by molar-refractivity contribution is 6.05. The Hall–Kier alpha value is -3.34. The van der Waals surface area contributed by atoms with Crippen LogP contribution in [0.15, 0.2) is 78.3 Å². The van der Waals surface area contributed by atoms with Crippen molar-refractivity contribution in [3.05, 3.63) is 90.0 Å². The van der Waals surface area contributed by atoms with Gasteiger partial charge < -0.3 is 5.32 Å². The van der Waals surface area contributed by atoms with Crippen LogP contribution in [0.3, 0.4) is 0 Å². The second kappa shape index (κ2) is 9.04. The molecule has 5 heteroatoms. The maximum atomic E-state index is 12.4. The van der Waals surface area contributed by atoms with Crippen LogP contribution in [-0.4, -0.2) is 28.8 Å². The summed E-state index contributed by atoms with van der Waals surface area (Å²) < 4.78 is 0. The molecule has 2 heterocycles. The van der Waals surface area contributed by atoms with Crippen molar-refractivity contribution in [2.45, 2.75) is 19.8 Å². The van der Waals surface area contributed by atoms with Gasteiger partial charge in [0.15, 0.2) is 11.6 Å². The number of ketones is 2. The van der Waals surface area contributed by atoms with Gasteiger partial charge in [-0.15, -0.1) is 6.58 Å². The van der Waals surface area contributed by atoms with Gasteiger partial charge in [0.1, 0.15) is 0 Å². The van der Waals surface area contributed by atoms with Crippen LogP contribution >= 0.6 is 0 Å². The Morgan fingerprint density at radius 2 is 2.00 bits per heavy atom. The summed E-state index contributed by atoms with van der Waals surface area (Å²) in [5.41, 5.74) is 4.37. The SMILES string of the molecule is C=CCC1C(NCC(=O)Cc2ccc(C(C)=O)cc2)=CN=C1c1cccnc1. The van der Waals surface area contributed by atoms with E-state index in [1.807, 2.05) is 30.3 Å². The van der Waals surface area contributed by atoms with Crippen molar-refractivity contribution in [3.63, 3.8) is 0 Å². The van der Waals surface area contributed by atoms with Crippen LogP contribution in [0.1, 0.15) is 34.8 Å². The summed E-state index contributed by atoms with van der Waals surface area (Å²) in [6.45, 7) is 5.60. The van der Waals surface area contributed by atoms with Gasteiger partial charge in [-0.2, -0.15) is 0 Å². The van der Waals surface area contributed by atoms with Crippen molar-refractivity contribution in [2.75, 3.05) is 6.54 Å². The Bertz CT molecular complexity index is 928. The molecule has 1 aliphatic heterocycles. The van der Waals surface area contributed by atoms with E-state index in [1.165, 1.54) is 6.92 Å². The van der Waals surface area contributed by atoms with Gasteiger partial charge in [-0.25, -0.2) is 0 Å². The molecule has 1 atom stereocenters. The average Bonchev–Trinajstić information content (AvgIpc) is 3.10. The highest BCUT2D eigenvalue weighted by Gasteiger charge is 2.25. The summed E-state index contributed by atoms with van der Waals surface area (Å²) in [6.07, 6.45) is 8.21. The molecule has 3 rings (SSSR count). The minimum atomic E-state index is 0.0189. The molecule has 0 aliphatic carbocycles. The van der Waals surface area contributed by atoms with Crippen molar-refractivity contribution < 1.29 is 9.59 Å². The number of hydrogen-bond acceptors (Lipinski definition) is 5. The van der Waals surface area contributed by atoms with Gasteiger partial charge in [-0.3, -0.25) is 19.6 Å². The molecule has 1 N–H and O–H groups in total. The van der Waals surface area contributed by atoms with E-state index in [-0.39, 0.29) is 24.0 Å². The molecule has 1 aromatic carbocycles. The molecule has 28 heavy (non-hydrogen) atoms. The first-order valence-corrected chi connectivity index (χ1v) is 9.23. The topological polar surface area (TPSA) is 71.4 Å². The first-order chi connectivity index (χ1) is 13.6. The third-order valence-electron chi connectivity index (χ3n) is 4.66. The van der Waals surface area contributed by atoms with Gasteiger partial charge >= 0.3 is 0 Å². The second-order valence-corrected chi connectivity index (χ2v) is 6.74. The first kappa shape index (κ1) is 19.4. The number of pyridine rings is 1. The third-order valence-corrected chi connectivity index (χ3v) is 4.66. The molecule has 0 amide bonds. The Balaban J connectivity index is 1.58. The number of carbonyl (C=O) groups excluding carboxylic acids is 2. The van der Waals surface area contributed by atoms with Gasteiger partial charge in [-0.1, -0.05) is 36.4 Å². The summed E-state index contributed by atoms with van der Waals surface area (Å²) in [5.74, 6) is 0.137. The predicted octanol–water partition coefficient (Wildman–Crippen LogP) is 3.52. The number of allylic oxidation sites excluding steroid dienone is 2. The highest BCUT2D eigenvalue weighted by atomic mass is 16.1. The fourth-order valence-corrected chi connectivity index (χ4v) is 3.18. The van der Waals surface area contributed by atoms with Crippen LogP contribution in [0.2, 0.25) is 0 Å². The van der Waals surface area contributed by atoms with Gasteiger partial charge in [0.2, 0.25) is 0 Å². The van der Waals surface area contributed by atoms with E-state index >= 15 is 0 Å². The summed E-state index contributed by atoms with van der Waals surface area (Å²) in [6, 6.07) is 11.0. The summed E-state index contributed by atoms with van der Waals surface area (Å²) in [5, 5.41) is 3.24. The van der Waals surface area contributed by atoms with E-state index in [9.17, 15) is 9.59 Å². The maximum absolute atomic E-state index is 12.4. The molecule has 142 valence electrons. The van der Waals surface area contributed by atoms with E-state index in [4.69, 9.17) is 0 Å². The Morgan fingerprint density at radius 1 is 1.21 bits per heavy atom. The highest BCUT2D eigenvalue weighted by Crippen LogP contribution is 2.25. The fourth-order valence-electron chi connectivity index (χ4n) is 3.18. The minimum Gasteiger partial charge on any atom is -0.379 e. The van der Waals surface area contributed by atoms with E-state index in [1.54, 1.807) is 30.7 Å². The number of nitrogens with zero attached hydrogens (tertiary/aromatic N) is 2. The average molecular weight is 373 g/mol. The van der Waals surface area contributed by atoms with Crippen molar-refractivity contribution in [2.24, 2.45) is 10.9 Å². The van der Waals surface area contributed by atoms with Crippen molar-refractivity contribution in [1.29, 1.82) is 0 Å². The second-order valence-electron chi connectivity index (χ2n) is 6.74. The van der Waals surface area contributed by atoms with Crippen LogP contribution in [0.4, 0.5) is 0 Å². The lowest BCUT2D eigenvalue weighted by Crippen LogP contribution is -2.29. The number of hydrogen-bond donors (Lipinski definition) is 1. The van der Waals surface area contributed by atoms with Crippen molar-refractivity contribution in [3.8, 4) is 0 Å². The number of aliphatic imine (C=N–C) groups is 1. The van der Waals surface area contributed by atoms with E-state index in [0.29, 0.717) is 12.0 Å². The van der Waals surface area contributed by atoms with Gasteiger partial charge in [0.05, 0.1) is 12.3 Å². The zero-order valence-electron chi connectivity index (χ0n) is 15.9. The van der Waals surface area contributed by atoms with Crippen molar-refractivity contribution in [1.82, 2.24) is 10.3 Å².